The van der Waals surface area contributed by atoms with Crippen LogP contribution in [0.15, 0.2) is 24.3 Å². The van der Waals surface area contributed by atoms with Gasteiger partial charge in [-0.05, 0) is 17.7 Å². The van der Waals surface area contributed by atoms with Gasteiger partial charge in [-0.3, -0.25) is 4.18 Å². The summed E-state index contributed by atoms with van der Waals surface area (Å²) in [6.45, 7) is 0. The van der Waals surface area contributed by atoms with Crippen LogP contribution < -0.4 is 4.74 Å². The molecule has 0 fully saturated rings. The Bertz CT molecular complexity index is 466. The highest BCUT2D eigenvalue weighted by molar-refractivity contribution is 7.86. The fourth-order valence-electron chi connectivity index (χ4n) is 1.16. The molecule has 6 heteroatoms. The van der Waals surface area contributed by atoms with Crippen molar-refractivity contribution >= 4 is 16.4 Å². The van der Waals surface area contributed by atoms with Crippen LogP contribution in [0.1, 0.15) is 11.7 Å². The lowest BCUT2D eigenvalue weighted by atomic mass is 10.1. The van der Waals surface area contributed by atoms with Crippen LogP contribution in [-0.2, 0) is 19.1 Å². The first-order valence-corrected chi connectivity index (χ1v) is 6.25. The van der Waals surface area contributed by atoms with Crippen LogP contribution in [0, 0.1) is 0 Å². The molecule has 1 atom stereocenters. The van der Waals surface area contributed by atoms with E-state index in [9.17, 15) is 13.2 Å². The van der Waals surface area contributed by atoms with E-state index in [-0.39, 0.29) is 0 Å². The second-order valence-corrected chi connectivity index (χ2v) is 4.73. The second kappa shape index (κ2) is 5.09. The lowest BCUT2D eigenvalue weighted by Gasteiger charge is -2.11. The summed E-state index contributed by atoms with van der Waals surface area (Å²) in [7, 11) is -2.20. The third-order valence-corrected chi connectivity index (χ3v) is 2.38. The van der Waals surface area contributed by atoms with Crippen LogP contribution in [0.4, 0.5) is 0 Å². The number of hydrogen-bond acceptors (Lipinski definition) is 5. The molecule has 0 saturated heterocycles. The van der Waals surface area contributed by atoms with Gasteiger partial charge in [-0.15, -0.1) is 0 Å². The lowest BCUT2D eigenvalue weighted by molar-refractivity contribution is -0.113. The number of rotatable bonds is 5. The highest BCUT2D eigenvalue weighted by Gasteiger charge is 2.17. The molecule has 0 saturated carbocycles. The molecule has 1 aromatic carbocycles. The van der Waals surface area contributed by atoms with Gasteiger partial charge in [-0.1, -0.05) is 12.1 Å². The van der Waals surface area contributed by atoms with Gasteiger partial charge in [0, 0.05) is 0 Å². The average molecular weight is 244 g/mol. The number of carbonyl (C=O) groups is 1. The van der Waals surface area contributed by atoms with Crippen molar-refractivity contribution < 1.29 is 22.1 Å². The van der Waals surface area contributed by atoms with Crippen molar-refractivity contribution in [3.8, 4) is 5.75 Å². The Labute approximate surface area is 94.1 Å². The molecule has 1 rings (SSSR count). The SMILES string of the molecule is COc1cccc(C(C=O)OS(C)(=O)=O)c1. The highest BCUT2D eigenvalue weighted by atomic mass is 32.2. The second-order valence-electron chi connectivity index (χ2n) is 3.13. The van der Waals surface area contributed by atoms with Crippen LogP contribution in [0.3, 0.4) is 0 Å². The number of hydrogen-bond donors (Lipinski definition) is 0. The third kappa shape index (κ3) is 3.63. The number of benzene rings is 1. The zero-order valence-corrected chi connectivity index (χ0v) is 9.73. The normalized spacial score (nSPS) is 13.1. The van der Waals surface area contributed by atoms with Gasteiger partial charge < -0.3 is 9.53 Å². The highest BCUT2D eigenvalue weighted by Crippen LogP contribution is 2.21. The summed E-state index contributed by atoms with van der Waals surface area (Å²) >= 11 is 0. The van der Waals surface area contributed by atoms with E-state index in [1.807, 2.05) is 0 Å². The maximum Gasteiger partial charge on any atom is 0.265 e. The monoisotopic (exact) mass is 244 g/mol. The molecule has 0 amide bonds. The summed E-state index contributed by atoms with van der Waals surface area (Å²) in [6.07, 6.45) is 0.185. The summed E-state index contributed by atoms with van der Waals surface area (Å²) in [5.74, 6) is 0.529. The maximum absolute atomic E-state index is 10.9. The number of methoxy groups -OCH3 is 1. The zero-order chi connectivity index (χ0) is 12.2. The van der Waals surface area contributed by atoms with E-state index in [0.717, 1.165) is 6.26 Å². The summed E-state index contributed by atoms with van der Waals surface area (Å²) in [4.78, 5) is 10.8. The van der Waals surface area contributed by atoms with Crippen molar-refractivity contribution in [1.29, 1.82) is 0 Å². The zero-order valence-electron chi connectivity index (χ0n) is 8.91. The molecule has 0 radical (unpaired) electrons. The average Bonchev–Trinajstić information content (AvgIpc) is 2.25. The van der Waals surface area contributed by atoms with Crippen LogP contribution >= 0.6 is 0 Å². The third-order valence-electron chi connectivity index (χ3n) is 1.82. The largest absolute Gasteiger partial charge is 0.497 e. The Morgan fingerprint density at radius 2 is 2.06 bits per heavy atom. The summed E-state index contributed by atoms with van der Waals surface area (Å²) in [6, 6.07) is 6.47. The molecule has 1 aromatic rings. The van der Waals surface area contributed by atoms with Gasteiger partial charge in [-0.25, -0.2) is 0 Å². The van der Waals surface area contributed by atoms with Gasteiger partial charge in [-0.2, -0.15) is 8.42 Å². The molecule has 0 spiro atoms. The standard InChI is InChI=1S/C10H12O5S/c1-14-9-5-3-4-8(6-9)10(7-11)15-16(2,12)13/h3-7,10H,1-2H3. The molecular formula is C10H12O5S. The Kier molecular flexibility index (Phi) is 4.03. The maximum atomic E-state index is 10.9. The molecular weight excluding hydrogens is 232 g/mol. The minimum absolute atomic E-state index is 0.426. The first kappa shape index (κ1) is 12.7. The van der Waals surface area contributed by atoms with Gasteiger partial charge >= 0.3 is 0 Å². The molecule has 5 nitrogen and oxygen atoms in total. The van der Waals surface area contributed by atoms with Crippen LogP contribution in [-0.4, -0.2) is 28.1 Å². The van der Waals surface area contributed by atoms with Crippen molar-refractivity contribution in [2.45, 2.75) is 6.10 Å². The Hall–Kier alpha value is -1.40. The van der Waals surface area contributed by atoms with Crippen LogP contribution in [0.25, 0.3) is 0 Å². The molecule has 0 aromatic heterocycles. The van der Waals surface area contributed by atoms with Crippen LogP contribution in [0.2, 0.25) is 0 Å². The molecule has 0 heterocycles. The summed E-state index contributed by atoms with van der Waals surface area (Å²) in [5, 5.41) is 0. The van der Waals surface area contributed by atoms with E-state index < -0.39 is 16.2 Å². The van der Waals surface area contributed by atoms with Gasteiger partial charge in [0.25, 0.3) is 10.1 Å². The van der Waals surface area contributed by atoms with E-state index in [0.29, 0.717) is 17.6 Å². The predicted octanol–water partition coefficient (Wildman–Crippen LogP) is 0.911. The number of ether oxygens (including phenoxy) is 1. The minimum atomic E-state index is -3.68. The minimum Gasteiger partial charge on any atom is -0.497 e. The van der Waals surface area contributed by atoms with E-state index in [1.165, 1.54) is 7.11 Å². The molecule has 0 bridgehead atoms. The van der Waals surface area contributed by atoms with E-state index in [2.05, 4.69) is 4.18 Å². The van der Waals surface area contributed by atoms with Crippen molar-refractivity contribution in [3.05, 3.63) is 29.8 Å². The first-order chi connectivity index (χ1) is 7.46. The lowest BCUT2D eigenvalue weighted by Crippen LogP contribution is -2.11. The summed E-state index contributed by atoms with van der Waals surface area (Å²) < 4.78 is 31.4. The van der Waals surface area contributed by atoms with Crippen molar-refractivity contribution in [2.24, 2.45) is 0 Å². The molecule has 88 valence electrons. The van der Waals surface area contributed by atoms with Crippen molar-refractivity contribution in [1.82, 2.24) is 0 Å². The fraction of sp³-hybridized carbons (Fsp3) is 0.300. The number of aldehydes is 1. The Balaban J connectivity index is 2.99. The Morgan fingerprint density at radius 3 is 2.56 bits per heavy atom. The van der Waals surface area contributed by atoms with E-state index >= 15 is 0 Å². The molecule has 0 aliphatic carbocycles. The first-order valence-electron chi connectivity index (χ1n) is 4.44. The smallest absolute Gasteiger partial charge is 0.265 e. The van der Waals surface area contributed by atoms with Gasteiger partial charge in [0.1, 0.15) is 5.75 Å². The van der Waals surface area contributed by atoms with Crippen LogP contribution in [0.5, 0.6) is 5.75 Å². The Morgan fingerprint density at radius 1 is 1.38 bits per heavy atom. The van der Waals surface area contributed by atoms with E-state index in [1.54, 1.807) is 24.3 Å². The summed E-state index contributed by atoms with van der Waals surface area (Å²) in [5.41, 5.74) is 0.430. The molecule has 0 aliphatic rings. The van der Waals surface area contributed by atoms with Gasteiger partial charge in [0.2, 0.25) is 0 Å². The van der Waals surface area contributed by atoms with Crippen molar-refractivity contribution in [2.75, 3.05) is 13.4 Å². The van der Waals surface area contributed by atoms with Crippen molar-refractivity contribution in [3.63, 3.8) is 0 Å². The molecule has 0 aliphatic heterocycles. The van der Waals surface area contributed by atoms with E-state index in [4.69, 9.17) is 4.74 Å². The fourth-order valence-corrected chi connectivity index (χ4v) is 1.70. The van der Waals surface area contributed by atoms with Gasteiger partial charge in [0.15, 0.2) is 12.4 Å². The topological polar surface area (TPSA) is 69.7 Å². The molecule has 1 unspecified atom stereocenters. The number of carbonyl (C=O) groups excluding carboxylic acids is 1. The van der Waals surface area contributed by atoms with Gasteiger partial charge in [0.05, 0.1) is 13.4 Å². The quantitative estimate of drug-likeness (QED) is 0.569. The molecule has 16 heavy (non-hydrogen) atoms. The predicted molar refractivity (Wildman–Crippen MR) is 57.7 cm³/mol. The molecule has 0 N–H and O–H groups in total.